The maximum Gasteiger partial charge on any atom is 0.0965 e. The first-order valence-electron chi connectivity index (χ1n) is 7.61. The van der Waals surface area contributed by atoms with Crippen molar-refractivity contribution in [3.63, 3.8) is 0 Å². The van der Waals surface area contributed by atoms with Crippen molar-refractivity contribution in [3.8, 4) is 0 Å². The molecule has 1 saturated heterocycles. The standard InChI is InChI=1S/C15H27N3S/c1-4-6-13-11-18(14(5-2)9-17-13)10-12(3)15-16-7-8-19-15/h7-8,12-14,17H,4-6,9-11H2,1-3H3. The van der Waals surface area contributed by atoms with E-state index in [0.29, 0.717) is 18.0 Å². The summed E-state index contributed by atoms with van der Waals surface area (Å²) < 4.78 is 0. The molecule has 19 heavy (non-hydrogen) atoms. The lowest BCUT2D eigenvalue weighted by Crippen LogP contribution is -2.56. The summed E-state index contributed by atoms with van der Waals surface area (Å²) in [7, 11) is 0. The molecule has 1 fully saturated rings. The van der Waals surface area contributed by atoms with Gasteiger partial charge in [-0.05, 0) is 12.8 Å². The van der Waals surface area contributed by atoms with E-state index in [1.54, 1.807) is 11.3 Å². The minimum Gasteiger partial charge on any atom is -0.311 e. The molecule has 1 N–H and O–H groups in total. The van der Waals surface area contributed by atoms with Crippen LogP contribution in [0.5, 0.6) is 0 Å². The highest BCUT2D eigenvalue weighted by molar-refractivity contribution is 7.09. The number of hydrogen-bond donors (Lipinski definition) is 1. The van der Waals surface area contributed by atoms with E-state index in [-0.39, 0.29) is 0 Å². The van der Waals surface area contributed by atoms with Gasteiger partial charge in [-0.25, -0.2) is 4.98 Å². The van der Waals surface area contributed by atoms with Crippen LogP contribution < -0.4 is 5.32 Å². The number of nitrogens with one attached hydrogen (secondary N) is 1. The van der Waals surface area contributed by atoms with Crippen LogP contribution in [0.2, 0.25) is 0 Å². The maximum atomic E-state index is 4.46. The van der Waals surface area contributed by atoms with Gasteiger partial charge >= 0.3 is 0 Å². The van der Waals surface area contributed by atoms with Gasteiger partial charge in [-0.2, -0.15) is 0 Å². The normalized spacial score (nSPS) is 26.5. The van der Waals surface area contributed by atoms with Crippen LogP contribution in [0.25, 0.3) is 0 Å². The van der Waals surface area contributed by atoms with E-state index in [1.165, 1.54) is 30.8 Å². The topological polar surface area (TPSA) is 28.2 Å². The van der Waals surface area contributed by atoms with Crippen molar-refractivity contribution in [2.45, 2.75) is 58.0 Å². The predicted octanol–water partition coefficient (Wildman–Crippen LogP) is 3.10. The zero-order chi connectivity index (χ0) is 13.7. The van der Waals surface area contributed by atoms with Crippen LogP contribution in [0, 0.1) is 0 Å². The monoisotopic (exact) mass is 281 g/mol. The molecular formula is C15H27N3S. The summed E-state index contributed by atoms with van der Waals surface area (Å²) in [6.07, 6.45) is 5.71. The van der Waals surface area contributed by atoms with Gasteiger partial charge in [-0.3, -0.25) is 4.90 Å². The van der Waals surface area contributed by atoms with Crippen LogP contribution in [0.4, 0.5) is 0 Å². The average Bonchev–Trinajstić information content (AvgIpc) is 2.93. The lowest BCUT2D eigenvalue weighted by Gasteiger charge is -2.41. The van der Waals surface area contributed by atoms with Gasteiger partial charge in [0.25, 0.3) is 0 Å². The minimum absolute atomic E-state index is 0.550. The summed E-state index contributed by atoms with van der Waals surface area (Å²) >= 11 is 1.79. The Bertz CT molecular complexity index is 352. The first kappa shape index (κ1) is 14.9. The molecule has 0 bridgehead atoms. The number of hydrogen-bond acceptors (Lipinski definition) is 4. The molecule has 0 spiro atoms. The first-order chi connectivity index (χ1) is 9.24. The molecule has 0 radical (unpaired) electrons. The van der Waals surface area contributed by atoms with Crippen LogP contribution in [-0.4, -0.2) is 41.6 Å². The average molecular weight is 281 g/mol. The Morgan fingerprint density at radius 3 is 3.00 bits per heavy atom. The molecule has 2 rings (SSSR count). The summed E-state index contributed by atoms with van der Waals surface area (Å²) in [6, 6.07) is 1.37. The van der Waals surface area contributed by atoms with E-state index < -0.39 is 0 Å². The Hall–Kier alpha value is -0.450. The van der Waals surface area contributed by atoms with Crippen molar-refractivity contribution in [1.82, 2.24) is 15.2 Å². The minimum atomic E-state index is 0.550. The number of piperazine rings is 1. The van der Waals surface area contributed by atoms with E-state index >= 15 is 0 Å². The number of thiazole rings is 1. The Labute approximate surface area is 121 Å². The number of rotatable bonds is 6. The lowest BCUT2D eigenvalue weighted by atomic mass is 10.0. The van der Waals surface area contributed by atoms with Crippen LogP contribution in [0.3, 0.4) is 0 Å². The fraction of sp³-hybridized carbons (Fsp3) is 0.800. The third-order valence-electron chi connectivity index (χ3n) is 4.10. The molecule has 3 nitrogen and oxygen atoms in total. The zero-order valence-corrected chi connectivity index (χ0v) is 13.2. The van der Waals surface area contributed by atoms with Crippen LogP contribution in [0.15, 0.2) is 11.6 Å². The second-order valence-electron chi connectivity index (χ2n) is 5.68. The van der Waals surface area contributed by atoms with Gasteiger partial charge in [0.2, 0.25) is 0 Å². The molecule has 1 aromatic rings. The highest BCUT2D eigenvalue weighted by atomic mass is 32.1. The van der Waals surface area contributed by atoms with Crippen LogP contribution in [0.1, 0.15) is 51.0 Å². The molecule has 3 unspecified atom stereocenters. The largest absolute Gasteiger partial charge is 0.311 e. The molecule has 3 atom stereocenters. The van der Waals surface area contributed by atoms with E-state index in [9.17, 15) is 0 Å². The van der Waals surface area contributed by atoms with Gasteiger partial charge in [-0.15, -0.1) is 11.3 Å². The maximum absolute atomic E-state index is 4.46. The summed E-state index contributed by atoms with van der Waals surface area (Å²) in [5.74, 6) is 0.550. The summed E-state index contributed by atoms with van der Waals surface area (Å²) in [4.78, 5) is 7.15. The van der Waals surface area contributed by atoms with Gasteiger partial charge in [0.15, 0.2) is 0 Å². The highest BCUT2D eigenvalue weighted by Gasteiger charge is 2.27. The smallest absolute Gasteiger partial charge is 0.0965 e. The molecule has 0 amide bonds. The third-order valence-corrected chi connectivity index (χ3v) is 5.11. The van der Waals surface area contributed by atoms with Gasteiger partial charge in [0, 0.05) is 49.2 Å². The quantitative estimate of drug-likeness (QED) is 0.868. The molecule has 0 saturated carbocycles. The van der Waals surface area contributed by atoms with Crippen molar-refractivity contribution >= 4 is 11.3 Å². The molecule has 108 valence electrons. The van der Waals surface area contributed by atoms with E-state index in [2.05, 4.69) is 41.4 Å². The van der Waals surface area contributed by atoms with E-state index in [0.717, 1.165) is 13.1 Å². The fourth-order valence-electron chi connectivity index (χ4n) is 3.00. The van der Waals surface area contributed by atoms with Crippen molar-refractivity contribution in [2.75, 3.05) is 19.6 Å². The molecular weight excluding hydrogens is 254 g/mol. The molecule has 1 aromatic heterocycles. The van der Waals surface area contributed by atoms with Gasteiger partial charge < -0.3 is 5.32 Å². The summed E-state index contributed by atoms with van der Waals surface area (Å²) in [6.45, 7) is 10.4. The second kappa shape index (κ2) is 7.36. The number of aromatic nitrogens is 1. The van der Waals surface area contributed by atoms with Gasteiger partial charge in [0.05, 0.1) is 5.01 Å². The highest BCUT2D eigenvalue weighted by Crippen LogP contribution is 2.22. The van der Waals surface area contributed by atoms with Gasteiger partial charge in [-0.1, -0.05) is 27.2 Å². The summed E-state index contributed by atoms with van der Waals surface area (Å²) in [5.41, 5.74) is 0. The predicted molar refractivity (Wildman–Crippen MR) is 82.9 cm³/mol. The second-order valence-corrected chi connectivity index (χ2v) is 6.61. The van der Waals surface area contributed by atoms with Crippen molar-refractivity contribution in [2.24, 2.45) is 0 Å². The van der Waals surface area contributed by atoms with Crippen molar-refractivity contribution in [3.05, 3.63) is 16.6 Å². The molecule has 0 aromatic carbocycles. The molecule has 1 aliphatic rings. The molecule has 2 heterocycles. The Kier molecular flexibility index (Phi) is 5.79. The Balaban J connectivity index is 1.94. The van der Waals surface area contributed by atoms with E-state index in [1.807, 2.05) is 6.20 Å². The molecule has 0 aliphatic carbocycles. The van der Waals surface area contributed by atoms with Crippen LogP contribution in [-0.2, 0) is 0 Å². The first-order valence-corrected chi connectivity index (χ1v) is 8.49. The van der Waals surface area contributed by atoms with Gasteiger partial charge in [0.1, 0.15) is 0 Å². The zero-order valence-electron chi connectivity index (χ0n) is 12.4. The lowest BCUT2D eigenvalue weighted by molar-refractivity contribution is 0.117. The van der Waals surface area contributed by atoms with Crippen molar-refractivity contribution < 1.29 is 0 Å². The Morgan fingerprint density at radius 1 is 1.53 bits per heavy atom. The fourth-order valence-corrected chi connectivity index (χ4v) is 3.69. The number of nitrogens with zero attached hydrogens (tertiary/aromatic N) is 2. The SMILES string of the molecule is CCCC1CN(CC(C)c2nccs2)C(CC)CN1. The third kappa shape index (κ3) is 4.01. The summed E-state index contributed by atoms with van der Waals surface area (Å²) in [5, 5.41) is 7.07. The van der Waals surface area contributed by atoms with E-state index in [4.69, 9.17) is 0 Å². The van der Waals surface area contributed by atoms with Crippen LogP contribution >= 0.6 is 11.3 Å². The van der Waals surface area contributed by atoms with Crippen molar-refractivity contribution in [1.29, 1.82) is 0 Å². The molecule has 4 heteroatoms. The molecule has 1 aliphatic heterocycles. The Morgan fingerprint density at radius 2 is 2.37 bits per heavy atom.